The van der Waals surface area contributed by atoms with Crippen LogP contribution in [0, 0.1) is 17.8 Å². The summed E-state index contributed by atoms with van der Waals surface area (Å²) in [6.45, 7) is 0. The van der Waals surface area contributed by atoms with Crippen LogP contribution in [0.4, 0.5) is 0 Å². The third-order valence-electron chi connectivity index (χ3n) is 4.09. The zero-order valence-corrected chi connectivity index (χ0v) is 8.56. The SMILES string of the molecule is Cn1nccc1C(N)C1C2CCCC21. The van der Waals surface area contributed by atoms with Crippen molar-refractivity contribution >= 4 is 0 Å². The number of nitrogens with two attached hydrogens (primary N) is 1. The summed E-state index contributed by atoms with van der Waals surface area (Å²) in [6.07, 6.45) is 6.07. The number of fused-ring (bicyclic) bond motifs is 1. The Morgan fingerprint density at radius 1 is 1.50 bits per heavy atom. The molecule has 2 aliphatic carbocycles. The molecular formula is C11H17N3. The molecule has 0 bridgehead atoms. The summed E-state index contributed by atoms with van der Waals surface area (Å²) < 4.78 is 1.92. The van der Waals surface area contributed by atoms with Gasteiger partial charge in [-0.3, -0.25) is 4.68 Å². The van der Waals surface area contributed by atoms with Gasteiger partial charge < -0.3 is 5.73 Å². The van der Waals surface area contributed by atoms with E-state index in [1.165, 1.54) is 25.0 Å². The maximum absolute atomic E-state index is 6.28. The predicted octanol–water partition coefficient (Wildman–Crippen LogP) is 1.47. The summed E-state index contributed by atoms with van der Waals surface area (Å²) in [6, 6.07) is 2.27. The van der Waals surface area contributed by atoms with E-state index in [0.29, 0.717) is 0 Å². The summed E-state index contributed by atoms with van der Waals surface area (Å²) in [5.74, 6) is 2.61. The van der Waals surface area contributed by atoms with E-state index in [0.717, 1.165) is 17.8 Å². The number of aryl methyl sites for hydroxylation is 1. The van der Waals surface area contributed by atoms with Gasteiger partial charge in [-0.2, -0.15) is 5.10 Å². The molecule has 1 heterocycles. The minimum atomic E-state index is 0.220. The number of hydrogen-bond acceptors (Lipinski definition) is 2. The minimum absolute atomic E-state index is 0.220. The van der Waals surface area contributed by atoms with Gasteiger partial charge in [0.15, 0.2) is 0 Å². The first-order valence-electron chi connectivity index (χ1n) is 5.52. The summed E-state index contributed by atoms with van der Waals surface area (Å²) in [5, 5.41) is 4.18. The molecule has 2 aliphatic rings. The fourth-order valence-corrected chi connectivity index (χ4v) is 3.32. The zero-order chi connectivity index (χ0) is 9.71. The van der Waals surface area contributed by atoms with Crippen molar-refractivity contribution in [2.24, 2.45) is 30.5 Å². The maximum atomic E-state index is 6.28. The van der Waals surface area contributed by atoms with Gasteiger partial charge in [-0.25, -0.2) is 0 Å². The van der Waals surface area contributed by atoms with Crippen molar-refractivity contribution in [3.63, 3.8) is 0 Å². The molecule has 0 aromatic carbocycles. The van der Waals surface area contributed by atoms with Gasteiger partial charge in [-0.1, -0.05) is 6.42 Å². The van der Waals surface area contributed by atoms with Crippen LogP contribution in [-0.2, 0) is 7.05 Å². The Bertz CT molecular complexity index is 334. The van der Waals surface area contributed by atoms with Gasteiger partial charge in [0.1, 0.15) is 0 Å². The average molecular weight is 191 g/mol. The van der Waals surface area contributed by atoms with Gasteiger partial charge in [0.25, 0.3) is 0 Å². The largest absolute Gasteiger partial charge is 0.322 e. The van der Waals surface area contributed by atoms with Gasteiger partial charge in [0, 0.05) is 13.2 Å². The summed E-state index contributed by atoms with van der Waals surface area (Å²) in [7, 11) is 1.98. The van der Waals surface area contributed by atoms with Crippen LogP contribution in [-0.4, -0.2) is 9.78 Å². The van der Waals surface area contributed by atoms with Gasteiger partial charge >= 0.3 is 0 Å². The molecule has 3 heteroatoms. The smallest absolute Gasteiger partial charge is 0.0551 e. The Kier molecular flexibility index (Phi) is 1.71. The number of rotatable bonds is 2. The lowest BCUT2D eigenvalue weighted by molar-refractivity contribution is 0.476. The molecule has 1 aromatic heterocycles. The molecule has 0 saturated heterocycles. The van der Waals surface area contributed by atoms with E-state index in [-0.39, 0.29) is 6.04 Å². The van der Waals surface area contributed by atoms with Crippen LogP contribution < -0.4 is 5.73 Å². The lowest BCUT2D eigenvalue weighted by Gasteiger charge is -2.13. The molecule has 3 atom stereocenters. The topological polar surface area (TPSA) is 43.8 Å². The van der Waals surface area contributed by atoms with Crippen LogP contribution in [0.3, 0.4) is 0 Å². The normalized spacial score (nSPS) is 36.9. The van der Waals surface area contributed by atoms with Crippen molar-refractivity contribution in [2.75, 3.05) is 0 Å². The second kappa shape index (κ2) is 2.83. The van der Waals surface area contributed by atoms with Crippen molar-refractivity contribution in [1.29, 1.82) is 0 Å². The van der Waals surface area contributed by atoms with Crippen molar-refractivity contribution < 1.29 is 0 Å². The van der Waals surface area contributed by atoms with Crippen LogP contribution in [0.1, 0.15) is 31.0 Å². The fourth-order valence-electron chi connectivity index (χ4n) is 3.32. The first-order valence-corrected chi connectivity index (χ1v) is 5.52. The summed E-state index contributed by atoms with van der Waals surface area (Å²) in [5.41, 5.74) is 7.47. The second-order valence-corrected chi connectivity index (χ2v) is 4.74. The Labute approximate surface area is 84.3 Å². The van der Waals surface area contributed by atoms with Gasteiger partial charge in [-0.05, 0) is 36.7 Å². The number of nitrogens with zero attached hydrogens (tertiary/aromatic N) is 2. The zero-order valence-electron chi connectivity index (χ0n) is 8.56. The standard InChI is InChI=1S/C11H17N3/c1-14-9(5-6-13-14)11(12)10-7-3-2-4-8(7)10/h5-8,10-11H,2-4,12H2,1H3. The van der Waals surface area contributed by atoms with Crippen LogP contribution >= 0.6 is 0 Å². The highest BCUT2D eigenvalue weighted by Crippen LogP contribution is 2.61. The van der Waals surface area contributed by atoms with Crippen molar-refractivity contribution in [2.45, 2.75) is 25.3 Å². The van der Waals surface area contributed by atoms with E-state index >= 15 is 0 Å². The molecule has 0 amide bonds. The lowest BCUT2D eigenvalue weighted by Crippen LogP contribution is -2.18. The lowest BCUT2D eigenvalue weighted by atomic mass is 10.0. The molecule has 0 spiro atoms. The van der Waals surface area contributed by atoms with Crippen LogP contribution in [0.2, 0.25) is 0 Å². The molecule has 2 saturated carbocycles. The van der Waals surface area contributed by atoms with Gasteiger partial charge in [0.05, 0.1) is 11.7 Å². The molecule has 2 N–H and O–H groups in total. The summed E-state index contributed by atoms with van der Waals surface area (Å²) >= 11 is 0. The Morgan fingerprint density at radius 3 is 2.79 bits per heavy atom. The van der Waals surface area contributed by atoms with E-state index < -0.39 is 0 Å². The van der Waals surface area contributed by atoms with Crippen molar-refractivity contribution in [1.82, 2.24) is 9.78 Å². The third kappa shape index (κ3) is 1.05. The molecular weight excluding hydrogens is 174 g/mol. The Morgan fingerprint density at radius 2 is 2.21 bits per heavy atom. The fraction of sp³-hybridized carbons (Fsp3) is 0.727. The maximum Gasteiger partial charge on any atom is 0.0551 e. The van der Waals surface area contributed by atoms with E-state index in [1.54, 1.807) is 0 Å². The highest BCUT2D eigenvalue weighted by molar-refractivity contribution is 5.15. The molecule has 1 aromatic rings. The van der Waals surface area contributed by atoms with Gasteiger partial charge in [0.2, 0.25) is 0 Å². The van der Waals surface area contributed by atoms with E-state index in [1.807, 2.05) is 17.9 Å². The highest BCUT2D eigenvalue weighted by Gasteiger charge is 2.55. The van der Waals surface area contributed by atoms with Gasteiger partial charge in [-0.15, -0.1) is 0 Å². The van der Waals surface area contributed by atoms with Crippen LogP contribution in [0.25, 0.3) is 0 Å². The van der Waals surface area contributed by atoms with E-state index in [9.17, 15) is 0 Å². The van der Waals surface area contributed by atoms with Crippen molar-refractivity contribution in [3.8, 4) is 0 Å². The predicted molar refractivity (Wildman–Crippen MR) is 54.5 cm³/mol. The second-order valence-electron chi connectivity index (χ2n) is 4.74. The average Bonchev–Trinajstić information content (AvgIpc) is 2.57. The molecule has 3 nitrogen and oxygen atoms in total. The molecule has 76 valence electrons. The minimum Gasteiger partial charge on any atom is -0.322 e. The van der Waals surface area contributed by atoms with Crippen LogP contribution in [0.15, 0.2) is 12.3 Å². The molecule has 2 fully saturated rings. The monoisotopic (exact) mass is 191 g/mol. The Hall–Kier alpha value is -0.830. The molecule has 14 heavy (non-hydrogen) atoms. The first-order chi connectivity index (χ1) is 6.79. The molecule has 0 radical (unpaired) electrons. The van der Waals surface area contributed by atoms with Crippen molar-refractivity contribution in [3.05, 3.63) is 18.0 Å². The Balaban J connectivity index is 1.78. The molecule has 3 rings (SSSR count). The molecule has 0 aliphatic heterocycles. The number of hydrogen-bond donors (Lipinski definition) is 1. The first kappa shape index (κ1) is 8.48. The summed E-state index contributed by atoms with van der Waals surface area (Å²) in [4.78, 5) is 0. The highest BCUT2D eigenvalue weighted by atomic mass is 15.3. The van der Waals surface area contributed by atoms with E-state index in [2.05, 4.69) is 11.2 Å². The third-order valence-corrected chi connectivity index (χ3v) is 4.09. The van der Waals surface area contributed by atoms with Crippen LogP contribution in [0.5, 0.6) is 0 Å². The van der Waals surface area contributed by atoms with E-state index in [4.69, 9.17) is 5.73 Å². The molecule has 3 unspecified atom stereocenters. The quantitative estimate of drug-likeness (QED) is 0.769. The number of aromatic nitrogens is 2.